The molecule has 1 atom stereocenters. The molecule has 0 amide bonds. The first-order valence-corrected chi connectivity index (χ1v) is 7.90. The fraction of sp³-hybridized carbons (Fsp3) is 0.294. The van der Waals surface area contributed by atoms with Crippen molar-refractivity contribution in [1.29, 1.82) is 0 Å². The summed E-state index contributed by atoms with van der Waals surface area (Å²) in [5.41, 5.74) is 1.19. The maximum Gasteiger partial charge on any atom is 0.146 e. The predicted molar refractivity (Wildman–Crippen MR) is 81.9 cm³/mol. The molecule has 4 heteroatoms. The Morgan fingerprint density at radius 2 is 1.76 bits per heavy atom. The van der Waals surface area contributed by atoms with Gasteiger partial charge < -0.3 is 4.74 Å². The van der Waals surface area contributed by atoms with E-state index in [2.05, 4.69) is 0 Å². The molecule has 0 aliphatic carbocycles. The third-order valence-corrected chi connectivity index (χ3v) is 5.39. The average molecular weight is 304 g/mol. The van der Waals surface area contributed by atoms with Gasteiger partial charge in [-0.1, -0.05) is 24.3 Å². The number of hydrogen-bond donors (Lipinski definition) is 0. The van der Waals surface area contributed by atoms with E-state index >= 15 is 0 Å². The van der Waals surface area contributed by atoms with Crippen LogP contribution < -0.4 is 0 Å². The molecule has 0 radical (unpaired) electrons. The van der Waals surface area contributed by atoms with E-state index in [1.54, 1.807) is 19.1 Å². The molecule has 1 fully saturated rings. The van der Waals surface area contributed by atoms with Crippen molar-refractivity contribution >= 4 is 31.5 Å². The summed E-state index contributed by atoms with van der Waals surface area (Å²) < 4.78 is 35.7. The highest BCUT2D eigenvalue weighted by molar-refractivity contribution is 7.25. The molecule has 1 aromatic heterocycles. The Balaban J connectivity index is 2.01. The second-order valence-electron chi connectivity index (χ2n) is 5.52. The smallest absolute Gasteiger partial charge is 0.146 e. The van der Waals surface area contributed by atoms with Gasteiger partial charge >= 0.3 is 0 Å². The van der Waals surface area contributed by atoms with Gasteiger partial charge in [-0.3, -0.25) is 0 Å². The molecule has 108 valence electrons. The van der Waals surface area contributed by atoms with Crippen molar-refractivity contribution in [2.75, 3.05) is 6.61 Å². The topological polar surface area (TPSA) is 9.23 Å². The SMILES string of the molecule is Cc1ccc2c(sc3c(F)c(C4CCCO4)ccc32)c1F. The van der Waals surface area contributed by atoms with Crippen LogP contribution >= 0.6 is 11.3 Å². The number of benzene rings is 2. The van der Waals surface area contributed by atoms with Crippen LogP contribution in [-0.4, -0.2) is 6.61 Å². The van der Waals surface area contributed by atoms with E-state index in [9.17, 15) is 8.78 Å². The van der Waals surface area contributed by atoms with Crippen molar-refractivity contribution in [3.8, 4) is 0 Å². The fourth-order valence-electron chi connectivity index (χ4n) is 3.02. The van der Waals surface area contributed by atoms with Crippen LogP contribution in [0.2, 0.25) is 0 Å². The molecule has 4 rings (SSSR count). The number of aryl methyl sites for hydroxylation is 1. The van der Waals surface area contributed by atoms with Crippen LogP contribution in [-0.2, 0) is 4.74 Å². The van der Waals surface area contributed by atoms with Gasteiger partial charge in [0.25, 0.3) is 0 Å². The van der Waals surface area contributed by atoms with Crippen molar-refractivity contribution in [3.63, 3.8) is 0 Å². The number of rotatable bonds is 1. The average Bonchev–Trinajstić information content (AvgIpc) is 3.11. The third kappa shape index (κ3) is 1.89. The zero-order valence-electron chi connectivity index (χ0n) is 11.6. The summed E-state index contributed by atoms with van der Waals surface area (Å²) >= 11 is 1.20. The molecular weight excluding hydrogens is 290 g/mol. The van der Waals surface area contributed by atoms with E-state index in [0.717, 1.165) is 23.6 Å². The maximum atomic E-state index is 14.8. The first kappa shape index (κ1) is 13.2. The second kappa shape index (κ2) is 4.75. The highest BCUT2D eigenvalue weighted by Crippen LogP contribution is 2.41. The summed E-state index contributed by atoms with van der Waals surface area (Å²) in [4.78, 5) is 0. The number of ether oxygens (including phenoxy) is 1. The van der Waals surface area contributed by atoms with Crippen LogP contribution in [0.5, 0.6) is 0 Å². The summed E-state index contributed by atoms with van der Waals surface area (Å²) in [6, 6.07) is 7.30. The fourth-order valence-corrected chi connectivity index (χ4v) is 4.26. The zero-order chi connectivity index (χ0) is 14.6. The van der Waals surface area contributed by atoms with E-state index in [1.165, 1.54) is 11.3 Å². The maximum absolute atomic E-state index is 14.8. The molecule has 0 saturated carbocycles. The molecule has 1 nitrogen and oxygen atoms in total. The second-order valence-corrected chi connectivity index (χ2v) is 6.54. The van der Waals surface area contributed by atoms with Gasteiger partial charge in [0, 0.05) is 22.9 Å². The molecule has 1 aliphatic heterocycles. The van der Waals surface area contributed by atoms with Crippen LogP contribution in [0.15, 0.2) is 24.3 Å². The summed E-state index contributed by atoms with van der Waals surface area (Å²) in [7, 11) is 0. The lowest BCUT2D eigenvalue weighted by Gasteiger charge is -2.11. The van der Waals surface area contributed by atoms with E-state index in [-0.39, 0.29) is 17.7 Å². The lowest BCUT2D eigenvalue weighted by molar-refractivity contribution is 0.109. The molecular formula is C17H14F2OS. The molecule has 21 heavy (non-hydrogen) atoms. The molecule has 2 heterocycles. The number of hydrogen-bond acceptors (Lipinski definition) is 2. The molecule has 1 unspecified atom stereocenters. The van der Waals surface area contributed by atoms with Crippen molar-refractivity contribution < 1.29 is 13.5 Å². The minimum atomic E-state index is -0.252. The standard InChI is InChI=1S/C17H14F2OS/c1-9-4-5-10-11-6-7-12(13-3-2-8-20-13)15(19)17(11)21-16(10)14(9)18/h4-7,13H,2-3,8H2,1H3. The Kier molecular flexibility index (Phi) is 2.98. The van der Waals surface area contributed by atoms with Gasteiger partial charge in [-0.25, -0.2) is 8.78 Å². The van der Waals surface area contributed by atoms with Gasteiger partial charge in [0.1, 0.15) is 11.6 Å². The zero-order valence-corrected chi connectivity index (χ0v) is 12.4. The van der Waals surface area contributed by atoms with E-state index in [0.29, 0.717) is 27.1 Å². The van der Waals surface area contributed by atoms with Crippen LogP contribution in [0.3, 0.4) is 0 Å². The largest absolute Gasteiger partial charge is 0.373 e. The molecule has 1 aliphatic rings. The number of thiophene rings is 1. The molecule has 2 aromatic carbocycles. The lowest BCUT2D eigenvalue weighted by atomic mass is 10.0. The third-order valence-electron chi connectivity index (χ3n) is 4.19. The molecule has 3 aromatic rings. The van der Waals surface area contributed by atoms with Crippen LogP contribution in [0, 0.1) is 18.6 Å². The first-order valence-electron chi connectivity index (χ1n) is 7.08. The molecule has 0 spiro atoms. The van der Waals surface area contributed by atoms with Crippen LogP contribution in [0.1, 0.15) is 30.1 Å². The first-order chi connectivity index (χ1) is 10.2. The summed E-state index contributed by atoms with van der Waals surface area (Å²) in [6.07, 6.45) is 1.65. The Hall–Kier alpha value is -1.52. The summed E-state index contributed by atoms with van der Waals surface area (Å²) in [5.74, 6) is -0.496. The predicted octanol–water partition coefficient (Wildman–Crippen LogP) is 5.49. The van der Waals surface area contributed by atoms with Gasteiger partial charge in [-0.2, -0.15) is 0 Å². The Bertz CT molecular complexity index is 847. The normalized spacial score (nSPS) is 18.9. The lowest BCUT2D eigenvalue weighted by Crippen LogP contribution is -1.99. The van der Waals surface area contributed by atoms with Gasteiger partial charge in [0.05, 0.1) is 15.5 Å². The summed E-state index contributed by atoms with van der Waals surface area (Å²) in [5, 5.41) is 1.57. The number of halogens is 2. The minimum absolute atomic E-state index is 0.161. The Morgan fingerprint density at radius 1 is 1.05 bits per heavy atom. The van der Waals surface area contributed by atoms with E-state index in [1.807, 2.05) is 12.1 Å². The minimum Gasteiger partial charge on any atom is -0.373 e. The Labute approximate surface area is 125 Å². The van der Waals surface area contributed by atoms with Crippen molar-refractivity contribution in [2.24, 2.45) is 0 Å². The molecule has 0 N–H and O–H groups in total. The molecule has 0 bridgehead atoms. The highest BCUT2D eigenvalue weighted by atomic mass is 32.1. The van der Waals surface area contributed by atoms with Crippen molar-refractivity contribution in [2.45, 2.75) is 25.9 Å². The van der Waals surface area contributed by atoms with Gasteiger partial charge in [0.2, 0.25) is 0 Å². The quantitative estimate of drug-likeness (QED) is 0.577. The van der Waals surface area contributed by atoms with Gasteiger partial charge in [-0.05, 0) is 25.3 Å². The monoisotopic (exact) mass is 304 g/mol. The summed E-state index contributed by atoms with van der Waals surface area (Å²) in [6.45, 7) is 2.41. The van der Waals surface area contributed by atoms with Crippen LogP contribution in [0.4, 0.5) is 8.78 Å². The van der Waals surface area contributed by atoms with E-state index in [4.69, 9.17) is 4.74 Å². The highest BCUT2D eigenvalue weighted by Gasteiger charge is 2.24. The van der Waals surface area contributed by atoms with Gasteiger partial charge in [-0.15, -0.1) is 11.3 Å². The van der Waals surface area contributed by atoms with Gasteiger partial charge in [0.15, 0.2) is 0 Å². The van der Waals surface area contributed by atoms with E-state index < -0.39 is 0 Å². The molecule has 1 saturated heterocycles. The van der Waals surface area contributed by atoms with Crippen LogP contribution in [0.25, 0.3) is 20.2 Å². The van der Waals surface area contributed by atoms with Crippen molar-refractivity contribution in [3.05, 3.63) is 47.0 Å². The van der Waals surface area contributed by atoms with Crippen molar-refractivity contribution in [1.82, 2.24) is 0 Å². The number of fused-ring (bicyclic) bond motifs is 3. The Morgan fingerprint density at radius 3 is 2.48 bits per heavy atom.